The molecule has 6 N–H and O–H groups in total. The second-order valence-electron chi connectivity index (χ2n) is 10.4. The molecule has 0 aliphatic heterocycles. The Kier molecular flexibility index (Phi) is 7.99. The van der Waals surface area contributed by atoms with E-state index in [4.69, 9.17) is 25.8 Å². The van der Waals surface area contributed by atoms with Gasteiger partial charge in [0, 0.05) is 39.8 Å². The minimum atomic E-state index is -0.823. The van der Waals surface area contributed by atoms with Crippen LogP contribution in [0.15, 0.2) is 60.7 Å². The molecule has 10 heteroatoms. The maximum absolute atomic E-state index is 12.9. The van der Waals surface area contributed by atoms with Crippen molar-refractivity contribution < 1.29 is 14.3 Å². The molecule has 0 saturated heterocycles. The van der Waals surface area contributed by atoms with Crippen molar-refractivity contribution in [2.75, 3.05) is 16.4 Å². The average molecular weight is 540 g/mol. The number of hydrogen-bond donors (Lipinski definition) is 5. The normalized spacial score (nSPS) is 11.9. The van der Waals surface area contributed by atoms with E-state index in [1.807, 2.05) is 49.4 Å². The largest absolute Gasteiger partial charge is 0.444 e. The summed E-state index contributed by atoms with van der Waals surface area (Å²) in [5.74, 6) is 0.668. The number of nitrogens with one attached hydrogen (secondary N) is 4. The molecule has 0 radical (unpaired) electrons. The van der Waals surface area contributed by atoms with Gasteiger partial charge in [0.2, 0.25) is 5.91 Å². The summed E-state index contributed by atoms with van der Waals surface area (Å²) in [6, 6.07) is 17.7. The van der Waals surface area contributed by atoms with E-state index in [-0.39, 0.29) is 0 Å². The predicted molar refractivity (Wildman–Crippen MR) is 159 cm³/mol. The molecule has 0 saturated carbocycles. The molecular formula is C30H33N7O3. The molecule has 1 heterocycles. The first-order valence-electron chi connectivity index (χ1n) is 12.8. The molecule has 10 nitrogen and oxygen atoms in total. The molecule has 3 aromatic carbocycles. The predicted octanol–water partition coefficient (Wildman–Crippen LogP) is 5.78. The Hall–Kier alpha value is -4.99. The van der Waals surface area contributed by atoms with Crippen molar-refractivity contribution in [2.24, 2.45) is 0 Å². The molecule has 0 fully saturated rings. The molecule has 40 heavy (non-hydrogen) atoms. The number of benzene rings is 3. The molecule has 0 spiro atoms. The highest BCUT2D eigenvalue weighted by Gasteiger charge is 2.22. The van der Waals surface area contributed by atoms with Crippen LogP contribution in [0.2, 0.25) is 0 Å². The third kappa shape index (κ3) is 6.52. The number of alkyl carbamates (subject to hydrolysis) is 1. The lowest BCUT2D eigenvalue weighted by Gasteiger charge is -2.22. The summed E-state index contributed by atoms with van der Waals surface area (Å²) >= 11 is 0. The molecule has 0 aliphatic carbocycles. The van der Waals surface area contributed by atoms with Crippen molar-refractivity contribution in [3.63, 3.8) is 0 Å². The Morgan fingerprint density at radius 3 is 2.52 bits per heavy atom. The van der Waals surface area contributed by atoms with E-state index in [2.05, 4.69) is 16.0 Å². The number of carbonyl (C=O) groups is 2. The Morgan fingerprint density at radius 1 is 1.05 bits per heavy atom. The average Bonchev–Trinajstić information content (AvgIpc) is 2.89. The maximum atomic E-state index is 12.9. The number of ether oxygens (including phenoxy) is 1. The van der Waals surface area contributed by atoms with E-state index in [1.165, 1.54) is 6.21 Å². The van der Waals surface area contributed by atoms with Crippen LogP contribution in [-0.2, 0) is 9.53 Å². The molecule has 2 amide bonds. The second kappa shape index (κ2) is 11.4. The first kappa shape index (κ1) is 28.0. The van der Waals surface area contributed by atoms with Crippen LogP contribution >= 0.6 is 0 Å². The van der Waals surface area contributed by atoms with Crippen molar-refractivity contribution in [1.82, 2.24) is 15.3 Å². The van der Waals surface area contributed by atoms with E-state index >= 15 is 0 Å². The molecule has 206 valence electrons. The summed E-state index contributed by atoms with van der Waals surface area (Å²) in [5.41, 5.74) is 9.92. The monoisotopic (exact) mass is 539 g/mol. The number of nitrogens with zero attached hydrogens (tertiary/aromatic N) is 2. The van der Waals surface area contributed by atoms with Gasteiger partial charge in [-0.15, -0.1) is 0 Å². The van der Waals surface area contributed by atoms with E-state index in [1.54, 1.807) is 45.9 Å². The smallest absolute Gasteiger partial charge is 0.408 e. The summed E-state index contributed by atoms with van der Waals surface area (Å²) in [6.07, 6.45) is 0.538. The van der Waals surface area contributed by atoms with Gasteiger partial charge in [-0.2, -0.15) is 0 Å². The highest BCUT2D eigenvalue weighted by Crippen LogP contribution is 2.31. The van der Waals surface area contributed by atoms with Gasteiger partial charge in [-0.3, -0.25) is 4.79 Å². The fraction of sp³-hybridized carbons (Fsp3) is 0.233. The number of rotatable bonds is 7. The van der Waals surface area contributed by atoms with Crippen molar-refractivity contribution in [2.45, 2.75) is 46.3 Å². The van der Waals surface area contributed by atoms with Crippen LogP contribution in [0.3, 0.4) is 0 Å². The van der Waals surface area contributed by atoms with E-state index in [9.17, 15) is 9.59 Å². The van der Waals surface area contributed by atoms with Gasteiger partial charge in [0.1, 0.15) is 17.5 Å². The number of carbonyl (C=O) groups excluding carboxylic acids is 2. The number of anilines is 4. The Morgan fingerprint density at radius 2 is 1.80 bits per heavy atom. The quantitative estimate of drug-likeness (QED) is 0.147. The van der Waals surface area contributed by atoms with Gasteiger partial charge >= 0.3 is 6.09 Å². The number of fused-ring (bicyclic) bond motifs is 1. The first-order chi connectivity index (χ1) is 18.9. The zero-order valence-corrected chi connectivity index (χ0v) is 23.1. The van der Waals surface area contributed by atoms with Crippen molar-refractivity contribution in [3.8, 4) is 11.4 Å². The summed E-state index contributed by atoms with van der Waals surface area (Å²) in [5, 5.41) is 17.2. The highest BCUT2D eigenvalue weighted by atomic mass is 16.6. The standard InChI is InChI=1S/C30H33N7O3/c1-17-21(10-8-12-24(17)36-28(38)18(2)33-29(39)40-30(3,4)5)26-35-25-11-7-6-9-22(25)27(37-26)34-20-13-14-23(32)19(15-20)16-31/h6-16,18,31H,32H2,1-5H3,(H,33,39)(H,36,38)(H,34,35,37). The van der Waals surface area contributed by atoms with Crippen molar-refractivity contribution in [3.05, 3.63) is 71.8 Å². The van der Waals surface area contributed by atoms with Crippen molar-refractivity contribution in [1.29, 1.82) is 5.41 Å². The number of nitrogen functional groups attached to an aromatic ring is 1. The number of para-hydroxylation sites is 1. The van der Waals surface area contributed by atoms with Crippen LogP contribution in [0.5, 0.6) is 0 Å². The Balaban J connectivity index is 1.64. The minimum Gasteiger partial charge on any atom is -0.444 e. The molecular weight excluding hydrogens is 506 g/mol. The molecule has 4 aromatic rings. The summed E-state index contributed by atoms with van der Waals surface area (Å²) < 4.78 is 5.25. The Labute approximate surface area is 232 Å². The zero-order valence-electron chi connectivity index (χ0n) is 23.1. The van der Waals surface area contributed by atoms with Crippen LogP contribution < -0.4 is 21.7 Å². The van der Waals surface area contributed by atoms with Gasteiger partial charge in [0.15, 0.2) is 5.82 Å². The number of amides is 2. The molecule has 4 rings (SSSR count). The van der Waals surface area contributed by atoms with E-state index < -0.39 is 23.6 Å². The maximum Gasteiger partial charge on any atom is 0.408 e. The van der Waals surface area contributed by atoms with Crippen LogP contribution in [0.4, 0.5) is 27.7 Å². The lowest BCUT2D eigenvalue weighted by molar-refractivity contribution is -0.117. The summed E-state index contributed by atoms with van der Waals surface area (Å²) in [4.78, 5) is 34.6. The Bertz CT molecular complexity index is 1590. The van der Waals surface area contributed by atoms with Gasteiger partial charge in [0.25, 0.3) is 0 Å². The van der Waals surface area contributed by atoms with E-state index in [0.717, 1.165) is 27.7 Å². The van der Waals surface area contributed by atoms with Gasteiger partial charge in [-0.05, 0) is 76.6 Å². The van der Waals surface area contributed by atoms with Gasteiger partial charge in [-0.1, -0.05) is 24.3 Å². The topological polar surface area (TPSA) is 155 Å². The molecule has 1 unspecified atom stereocenters. The first-order valence-corrected chi connectivity index (χ1v) is 12.8. The second-order valence-corrected chi connectivity index (χ2v) is 10.4. The molecule has 1 aromatic heterocycles. The lowest BCUT2D eigenvalue weighted by Crippen LogP contribution is -2.44. The van der Waals surface area contributed by atoms with Gasteiger partial charge in [0.05, 0.1) is 5.52 Å². The van der Waals surface area contributed by atoms with Gasteiger partial charge < -0.3 is 31.8 Å². The zero-order chi connectivity index (χ0) is 29.0. The summed E-state index contributed by atoms with van der Waals surface area (Å²) in [6.45, 7) is 8.73. The van der Waals surface area contributed by atoms with Crippen LogP contribution in [0, 0.1) is 12.3 Å². The molecule has 0 bridgehead atoms. The molecule has 1 atom stereocenters. The van der Waals surface area contributed by atoms with Crippen molar-refractivity contribution >= 4 is 52.0 Å². The van der Waals surface area contributed by atoms with Crippen LogP contribution in [-0.4, -0.2) is 39.8 Å². The van der Waals surface area contributed by atoms with Crippen LogP contribution in [0.1, 0.15) is 38.8 Å². The minimum absolute atomic E-state index is 0.391. The molecule has 0 aliphatic rings. The van der Waals surface area contributed by atoms with E-state index in [0.29, 0.717) is 28.6 Å². The third-order valence-corrected chi connectivity index (χ3v) is 6.07. The SMILES string of the molecule is Cc1c(NC(=O)C(C)NC(=O)OC(C)(C)C)cccc1-c1nc(Nc2ccc(N)c(C=N)c2)c2ccccc2n1. The number of nitrogens with two attached hydrogens (primary N) is 1. The highest BCUT2D eigenvalue weighted by molar-refractivity contribution is 5.98. The third-order valence-electron chi connectivity index (χ3n) is 6.07. The number of hydrogen-bond acceptors (Lipinski definition) is 8. The fourth-order valence-electron chi connectivity index (χ4n) is 4.01. The van der Waals surface area contributed by atoms with Crippen LogP contribution in [0.25, 0.3) is 22.3 Å². The number of aromatic nitrogens is 2. The fourth-order valence-corrected chi connectivity index (χ4v) is 4.01. The lowest BCUT2D eigenvalue weighted by atomic mass is 10.1. The summed E-state index contributed by atoms with van der Waals surface area (Å²) in [7, 11) is 0. The van der Waals surface area contributed by atoms with Gasteiger partial charge in [-0.25, -0.2) is 14.8 Å².